The molecular formula is C28H32N4O5. The number of amides is 1. The molecule has 194 valence electrons. The molecule has 1 amide bonds. The van der Waals surface area contributed by atoms with Crippen LogP contribution in [0, 0.1) is 13.8 Å². The first kappa shape index (κ1) is 25.0. The number of nitrogens with zero attached hydrogens (tertiary/aromatic N) is 3. The van der Waals surface area contributed by atoms with Crippen molar-refractivity contribution in [3.63, 3.8) is 0 Å². The van der Waals surface area contributed by atoms with Crippen molar-refractivity contribution in [1.29, 1.82) is 0 Å². The third kappa shape index (κ3) is 4.60. The minimum Gasteiger partial charge on any atom is -0.871 e. The Morgan fingerprint density at radius 3 is 2.59 bits per heavy atom. The van der Waals surface area contributed by atoms with Gasteiger partial charge in [-0.1, -0.05) is 24.0 Å². The number of pyridine rings is 1. The Morgan fingerprint density at radius 1 is 1.16 bits per heavy atom. The van der Waals surface area contributed by atoms with E-state index in [0.717, 1.165) is 18.7 Å². The number of quaternary nitrogens is 1. The van der Waals surface area contributed by atoms with Crippen LogP contribution in [0.15, 0.2) is 48.2 Å². The summed E-state index contributed by atoms with van der Waals surface area (Å²) in [6.07, 6.45) is 1.77. The minimum absolute atomic E-state index is 0.0301. The molecule has 1 atom stereocenters. The maximum Gasteiger partial charge on any atom is 0.295 e. The standard InChI is InChI=1S/C28H32N4O5/c1-4-37-21-9-7-20(8-10-21)24-22(25(33)23-19(3)29-27-18(2)6-5-11-31(23)27)26(34)28(35)32(24)13-12-30-14-16-36-17-15-30/h5-11,24,33H,4,12-17H2,1-3H3. The Hall–Kier alpha value is -3.69. The molecule has 9 nitrogen and oxygen atoms in total. The molecule has 0 aliphatic carbocycles. The maximum absolute atomic E-state index is 14.1. The predicted octanol–water partition coefficient (Wildman–Crippen LogP) is 0.489. The molecule has 2 saturated heterocycles. The smallest absolute Gasteiger partial charge is 0.295 e. The lowest BCUT2D eigenvalue weighted by Crippen LogP contribution is -3.14. The van der Waals surface area contributed by atoms with Crippen LogP contribution < -0.4 is 14.7 Å². The van der Waals surface area contributed by atoms with Crippen LogP contribution in [0.5, 0.6) is 5.75 Å². The molecule has 1 N–H and O–H groups in total. The summed E-state index contributed by atoms with van der Waals surface area (Å²) in [5, 5.41) is 14.1. The highest BCUT2D eigenvalue weighted by atomic mass is 16.5. The molecule has 3 aromatic rings. The third-order valence-corrected chi connectivity index (χ3v) is 7.18. The Balaban J connectivity index is 1.60. The van der Waals surface area contributed by atoms with E-state index < -0.39 is 23.5 Å². The highest BCUT2D eigenvalue weighted by molar-refractivity contribution is 6.46. The summed E-state index contributed by atoms with van der Waals surface area (Å²) >= 11 is 0. The molecule has 1 aromatic carbocycles. The Bertz CT molecular complexity index is 1350. The van der Waals surface area contributed by atoms with Crippen molar-refractivity contribution in [3.8, 4) is 5.75 Å². The van der Waals surface area contributed by atoms with Gasteiger partial charge < -0.3 is 28.8 Å². The zero-order valence-electron chi connectivity index (χ0n) is 21.5. The number of imidazole rings is 1. The predicted molar refractivity (Wildman–Crippen MR) is 135 cm³/mol. The number of benzene rings is 1. The lowest BCUT2D eigenvalue weighted by molar-refractivity contribution is -0.907. The molecule has 2 aliphatic rings. The summed E-state index contributed by atoms with van der Waals surface area (Å²) in [6, 6.07) is 10.3. The van der Waals surface area contributed by atoms with Crippen molar-refractivity contribution < 1.29 is 29.1 Å². The van der Waals surface area contributed by atoms with E-state index in [1.54, 1.807) is 22.4 Å². The number of aromatic nitrogens is 2. The van der Waals surface area contributed by atoms with Gasteiger partial charge in [0, 0.05) is 11.8 Å². The highest BCUT2D eigenvalue weighted by Crippen LogP contribution is 2.39. The van der Waals surface area contributed by atoms with E-state index in [0.29, 0.717) is 61.3 Å². The van der Waals surface area contributed by atoms with Crippen LogP contribution in [0.4, 0.5) is 0 Å². The molecule has 37 heavy (non-hydrogen) atoms. The number of likely N-dealkylation sites (tertiary alicyclic amines) is 1. The summed E-state index contributed by atoms with van der Waals surface area (Å²) in [6.45, 7) is 10.2. The average molecular weight is 505 g/mol. The summed E-state index contributed by atoms with van der Waals surface area (Å²) < 4.78 is 12.7. The highest BCUT2D eigenvalue weighted by Gasteiger charge is 2.45. The topological polar surface area (TPSA) is 101 Å². The second-order valence-corrected chi connectivity index (χ2v) is 9.52. The van der Waals surface area contributed by atoms with Gasteiger partial charge in [-0.2, -0.15) is 0 Å². The minimum atomic E-state index is -0.779. The van der Waals surface area contributed by atoms with Crippen molar-refractivity contribution in [1.82, 2.24) is 14.3 Å². The average Bonchev–Trinajstić information content (AvgIpc) is 3.37. The van der Waals surface area contributed by atoms with E-state index in [-0.39, 0.29) is 5.57 Å². The summed E-state index contributed by atoms with van der Waals surface area (Å²) in [4.78, 5) is 34.2. The molecule has 0 radical (unpaired) electrons. The number of carbonyl (C=O) groups is 2. The molecular weight excluding hydrogens is 472 g/mol. The third-order valence-electron chi connectivity index (χ3n) is 7.18. The number of Topliss-reactive ketones (excluding diaryl/α,β-unsaturated/α-hetero) is 1. The van der Waals surface area contributed by atoms with Crippen LogP contribution in [0.25, 0.3) is 11.4 Å². The Kier molecular flexibility index (Phi) is 6.99. The fraction of sp³-hybridized carbons (Fsp3) is 0.393. The van der Waals surface area contributed by atoms with Crippen LogP contribution >= 0.6 is 0 Å². The lowest BCUT2D eigenvalue weighted by Gasteiger charge is -2.30. The largest absolute Gasteiger partial charge is 0.871 e. The summed E-state index contributed by atoms with van der Waals surface area (Å²) in [5.74, 6) is -1.17. The number of carbonyl (C=O) groups excluding carboxylic acids is 2. The summed E-state index contributed by atoms with van der Waals surface area (Å²) in [7, 11) is 0. The molecule has 0 bridgehead atoms. The van der Waals surface area contributed by atoms with Gasteiger partial charge in [0.1, 0.15) is 24.5 Å². The quantitative estimate of drug-likeness (QED) is 0.286. The number of morpholine rings is 1. The molecule has 1 unspecified atom stereocenters. The van der Waals surface area contributed by atoms with Crippen LogP contribution in [-0.2, 0) is 14.3 Å². The van der Waals surface area contributed by atoms with E-state index in [1.165, 1.54) is 4.90 Å². The van der Waals surface area contributed by atoms with Crippen molar-refractivity contribution in [3.05, 3.63) is 70.7 Å². The van der Waals surface area contributed by atoms with Crippen LogP contribution in [0.3, 0.4) is 0 Å². The monoisotopic (exact) mass is 504 g/mol. The molecule has 0 spiro atoms. The van der Waals surface area contributed by atoms with E-state index in [2.05, 4.69) is 4.98 Å². The van der Waals surface area contributed by atoms with Gasteiger partial charge >= 0.3 is 0 Å². The normalized spacial score (nSPS) is 20.2. The van der Waals surface area contributed by atoms with Crippen molar-refractivity contribution in [2.75, 3.05) is 46.0 Å². The fourth-order valence-electron chi connectivity index (χ4n) is 5.27. The first-order valence-corrected chi connectivity index (χ1v) is 12.8. The van der Waals surface area contributed by atoms with Crippen molar-refractivity contribution in [2.24, 2.45) is 0 Å². The van der Waals surface area contributed by atoms with Gasteiger partial charge in [0.05, 0.1) is 50.3 Å². The Morgan fingerprint density at radius 2 is 1.89 bits per heavy atom. The number of hydrogen-bond acceptors (Lipinski definition) is 6. The van der Waals surface area contributed by atoms with Gasteiger partial charge in [-0.3, -0.25) is 9.59 Å². The van der Waals surface area contributed by atoms with Gasteiger partial charge in [-0.15, -0.1) is 0 Å². The molecule has 9 heteroatoms. The molecule has 5 rings (SSSR count). The number of aryl methyl sites for hydroxylation is 2. The number of ketones is 1. The van der Waals surface area contributed by atoms with Gasteiger partial charge in [0.2, 0.25) is 5.78 Å². The molecule has 4 heterocycles. The number of ether oxygens (including phenoxy) is 2. The van der Waals surface area contributed by atoms with Crippen LogP contribution in [0.1, 0.15) is 35.5 Å². The number of fused-ring (bicyclic) bond motifs is 1. The van der Waals surface area contributed by atoms with Crippen LogP contribution in [0.2, 0.25) is 0 Å². The molecule has 0 saturated carbocycles. The van der Waals surface area contributed by atoms with Crippen molar-refractivity contribution in [2.45, 2.75) is 26.8 Å². The number of hydrogen-bond donors (Lipinski definition) is 1. The molecule has 2 fully saturated rings. The molecule has 2 aromatic heterocycles. The van der Waals surface area contributed by atoms with Gasteiger partial charge in [0.15, 0.2) is 0 Å². The SMILES string of the molecule is CCOc1ccc(C2C(=C([O-])c3c(C)nc4c(C)cccn34)C(=O)C(=O)N2CC[NH+]2CCOCC2)cc1. The zero-order chi connectivity index (χ0) is 26.1. The second-order valence-electron chi connectivity index (χ2n) is 9.52. The molecule has 2 aliphatic heterocycles. The van der Waals surface area contributed by atoms with Crippen LogP contribution in [-0.4, -0.2) is 72.0 Å². The first-order chi connectivity index (χ1) is 17.9. The summed E-state index contributed by atoms with van der Waals surface area (Å²) in [5.41, 5.74) is 3.08. The van der Waals surface area contributed by atoms with E-state index in [9.17, 15) is 14.7 Å². The van der Waals surface area contributed by atoms with Gasteiger partial charge in [-0.05, 0) is 50.1 Å². The van der Waals surface area contributed by atoms with E-state index >= 15 is 0 Å². The van der Waals surface area contributed by atoms with Gasteiger partial charge in [0.25, 0.3) is 5.91 Å². The van der Waals surface area contributed by atoms with Crippen molar-refractivity contribution >= 4 is 23.1 Å². The Labute approximate surface area is 215 Å². The number of rotatable bonds is 7. The second kappa shape index (κ2) is 10.4. The maximum atomic E-state index is 14.1. The lowest BCUT2D eigenvalue weighted by atomic mass is 9.96. The first-order valence-electron chi connectivity index (χ1n) is 12.8. The zero-order valence-corrected chi connectivity index (χ0v) is 21.5. The number of nitrogens with one attached hydrogen (secondary N) is 1. The van der Waals surface area contributed by atoms with Gasteiger partial charge in [-0.25, -0.2) is 4.98 Å². The fourth-order valence-corrected chi connectivity index (χ4v) is 5.27. The van der Waals surface area contributed by atoms with E-state index in [4.69, 9.17) is 9.47 Å². The van der Waals surface area contributed by atoms with E-state index in [1.807, 2.05) is 50.2 Å².